The molecule has 1 saturated heterocycles. The molecule has 0 saturated carbocycles. The largest absolute Gasteiger partial charge is 0.493 e. The van der Waals surface area contributed by atoms with E-state index in [1.807, 2.05) is 12.1 Å². The molecule has 2 N–H and O–H groups in total. The third kappa shape index (κ3) is 3.65. The van der Waals surface area contributed by atoms with E-state index in [9.17, 15) is 8.42 Å². The van der Waals surface area contributed by atoms with E-state index in [1.54, 1.807) is 7.11 Å². The molecule has 0 aliphatic carbocycles. The number of ether oxygens (including phenoxy) is 2. The van der Waals surface area contributed by atoms with Crippen LogP contribution in [0.3, 0.4) is 0 Å². The summed E-state index contributed by atoms with van der Waals surface area (Å²) in [5.41, 5.74) is 6.59. The van der Waals surface area contributed by atoms with Crippen LogP contribution in [-0.2, 0) is 16.3 Å². The van der Waals surface area contributed by atoms with Crippen LogP contribution >= 0.6 is 15.9 Å². The van der Waals surface area contributed by atoms with Gasteiger partial charge in [-0.2, -0.15) is 0 Å². The van der Waals surface area contributed by atoms with E-state index in [0.29, 0.717) is 24.5 Å². The smallest absolute Gasteiger partial charge is 0.175 e. The number of nitrogens with two attached hydrogens (primary N) is 1. The maximum atomic E-state index is 11.5. The van der Waals surface area contributed by atoms with E-state index in [0.717, 1.165) is 16.5 Å². The van der Waals surface area contributed by atoms with Crippen molar-refractivity contribution in [3.8, 4) is 11.5 Å². The first-order valence-electron chi connectivity index (χ1n) is 6.38. The molecule has 112 valence electrons. The number of hydrogen-bond donors (Lipinski definition) is 1. The van der Waals surface area contributed by atoms with Gasteiger partial charge in [0.15, 0.2) is 21.3 Å². The molecule has 1 atom stereocenters. The number of methoxy groups -OCH3 is 1. The summed E-state index contributed by atoms with van der Waals surface area (Å²) in [6.45, 7) is 0.552. The first kappa shape index (κ1) is 15.6. The Morgan fingerprint density at radius 3 is 2.75 bits per heavy atom. The number of hydrogen-bond acceptors (Lipinski definition) is 5. The summed E-state index contributed by atoms with van der Waals surface area (Å²) in [5, 5.41) is 0. The molecular weight excluding hydrogens is 346 g/mol. The van der Waals surface area contributed by atoms with Crippen molar-refractivity contribution in [3.05, 3.63) is 22.2 Å². The third-order valence-electron chi connectivity index (χ3n) is 3.20. The summed E-state index contributed by atoms with van der Waals surface area (Å²) in [6, 6.07) is 3.80. The van der Waals surface area contributed by atoms with Gasteiger partial charge in [0.25, 0.3) is 0 Å². The van der Waals surface area contributed by atoms with E-state index in [2.05, 4.69) is 15.9 Å². The zero-order valence-corrected chi connectivity index (χ0v) is 13.7. The van der Waals surface area contributed by atoms with Crippen LogP contribution in [0.2, 0.25) is 0 Å². The average molecular weight is 364 g/mol. The van der Waals surface area contributed by atoms with Crippen LogP contribution in [-0.4, -0.2) is 39.7 Å². The van der Waals surface area contributed by atoms with Crippen LogP contribution in [0, 0.1) is 0 Å². The van der Waals surface area contributed by atoms with Crippen LogP contribution in [0.15, 0.2) is 16.6 Å². The number of halogens is 1. The maximum absolute atomic E-state index is 11.5. The van der Waals surface area contributed by atoms with Gasteiger partial charge in [0.2, 0.25) is 0 Å². The molecule has 1 fully saturated rings. The first-order valence-corrected chi connectivity index (χ1v) is 9.00. The highest BCUT2D eigenvalue weighted by atomic mass is 79.9. The van der Waals surface area contributed by atoms with E-state index in [1.165, 1.54) is 0 Å². The second kappa shape index (κ2) is 6.32. The van der Waals surface area contributed by atoms with E-state index in [4.69, 9.17) is 15.2 Å². The van der Waals surface area contributed by atoms with Gasteiger partial charge in [0.05, 0.1) is 23.1 Å². The van der Waals surface area contributed by atoms with Crippen molar-refractivity contribution in [2.45, 2.75) is 18.9 Å². The fourth-order valence-electron chi connectivity index (χ4n) is 2.22. The Morgan fingerprint density at radius 2 is 2.20 bits per heavy atom. The quantitative estimate of drug-likeness (QED) is 0.857. The van der Waals surface area contributed by atoms with Crippen LogP contribution in [0.4, 0.5) is 0 Å². The highest BCUT2D eigenvalue weighted by Gasteiger charge is 2.30. The highest BCUT2D eigenvalue weighted by Crippen LogP contribution is 2.38. The van der Waals surface area contributed by atoms with Gasteiger partial charge in [-0.25, -0.2) is 8.42 Å². The number of benzene rings is 1. The number of sulfone groups is 1. The van der Waals surface area contributed by atoms with Crippen molar-refractivity contribution in [3.63, 3.8) is 0 Å². The summed E-state index contributed by atoms with van der Waals surface area (Å²) in [6.07, 6.45) is 0.945. The molecular formula is C13H18BrNO4S. The van der Waals surface area contributed by atoms with Crippen LogP contribution < -0.4 is 15.2 Å². The van der Waals surface area contributed by atoms with Gasteiger partial charge in [0, 0.05) is 0 Å². The van der Waals surface area contributed by atoms with Crippen molar-refractivity contribution in [1.29, 1.82) is 0 Å². The summed E-state index contributed by atoms with van der Waals surface area (Å²) in [7, 11) is -1.40. The van der Waals surface area contributed by atoms with Crippen molar-refractivity contribution < 1.29 is 17.9 Å². The molecule has 0 radical (unpaired) electrons. The maximum Gasteiger partial charge on any atom is 0.175 e. The van der Waals surface area contributed by atoms with Gasteiger partial charge in [-0.1, -0.05) is 0 Å². The molecule has 20 heavy (non-hydrogen) atoms. The van der Waals surface area contributed by atoms with Crippen LogP contribution in [0.5, 0.6) is 11.5 Å². The van der Waals surface area contributed by atoms with E-state index >= 15 is 0 Å². The minimum Gasteiger partial charge on any atom is -0.493 e. The molecule has 2 rings (SSSR count). The van der Waals surface area contributed by atoms with Crippen LogP contribution in [0.1, 0.15) is 12.0 Å². The Labute approximate surface area is 127 Å². The summed E-state index contributed by atoms with van der Waals surface area (Å²) >= 11 is 3.45. The summed E-state index contributed by atoms with van der Waals surface area (Å²) in [5.74, 6) is 1.39. The Bertz CT molecular complexity index is 588. The average Bonchev–Trinajstić information content (AvgIpc) is 2.72. The van der Waals surface area contributed by atoms with Crippen molar-refractivity contribution in [2.24, 2.45) is 5.73 Å². The Morgan fingerprint density at radius 1 is 1.45 bits per heavy atom. The highest BCUT2D eigenvalue weighted by molar-refractivity contribution is 9.10. The fraction of sp³-hybridized carbons (Fsp3) is 0.538. The van der Waals surface area contributed by atoms with Gasteiger partial charge in [-0.3, -0.25) is 0 Å². The second-order valence-electron chi connectivity index (χ2n) is 4.79. The Kier molecular flexibility index (Phi) is 4.93. The molecule has 1 aromatic carbocycles. The van der Waals surface area contributed by atoms with E-state index < -0.39 is 9.84 Å². The van der Waals surface area contributed by atoms with Crippen molar-refractivity contribution >= 4 is 25.8 Å². The fourth-order valence-corrected chi connectivity index (χ4v) is 4.39. The second-order valence-corrected chi connectivity index (χ2v) is 7.87. The predicted octanol–water partition coefficient (Wildman–Crippen LogP) is 1.52. The minimum atomic E-state index is -2.96. The molecule has 1 aliphatic heterocycles. The molecule has 7 heteroatoms. The lowest BCUT2D eigenvalue weighted by Gasteiger charge is -2.17. The molecule has 0 bridgehead atoms. The van der Waals surface area contributed by atoms with Gasteiger partial charge in [0.1, 0.15) is 6.10 Å². The minimum absolute atomic E-state index is 0.0626. The molecule has 0 amide bonds. The lowest BCUT2D eigenvalue weighted by Crippen LogP contribution is -2.18. The lowest BCUT2D eigenvalue weighted by atomic mass is 10.1. The zero-order valence-electron chi connectivity index (χ0n) is 11.3. The third-order valence-corrected chi connectivity index (χ3v) is 5.52. The molecule has 1 aliphatic rings. The first-order chi connectivity index (χ1) is 9.45. The van der Waals surface area contributed by atoms with Crippen molar-refractivity contribution in [2.75, 3.05) is 25.2 Å². The molecule has 0 spiro atoms. The molecule has 1 unspecified atom stereocenters. The van der Waals surface area contributed by atoms with Gasteiger partial charge in [-0.15, -0.1) is 0 Å². The molecule has 5 nitrogen and oxygen atoms in total. The number of rotatable bonds is 5. The SMILES string of the molecule is COc1cc(CCN)cc(Br)c1OC1CCS(=O)(=O)C1. The monoisotopic (exact) mass is 363 g/mol. The van der Waals surface area contributed by atoms with Gasteiger partial charge < -0.3 is 15.2 Å². The summed E-state index contributed by atoms with van der Waals surface area (Å²) < 4.78 is 34.8. The van der Waals surface area contributed by atoms with Crippen LogP contribution in [0.25, 0.3) is 0 Å². The normalized spacial score (nSPS) is 20.9. The van der Waals surface area contributed by atoms with E-state index in [-0.39, 0.29) is 17.6 Å². The standard InChI is InChI=1S/C13H18BrNO4S/c1-18-12-7-9(2-4-15)6-11(14)13(12)19-10-3-5-20(16,17)8-10/h6-7,10H,2-5,8,15H2,1H3. The van der Waals surface area contributed by atoms with Crippen molar-refractivity contribution in [1.82, 2.24) is 0 Å². The Balaban J connectivity index is 2.23. The molecule has 1 aromatic rings. The van der Waals surface area contributed by atoms with Gasteiger partial charge >= 0.3 is 0 Å². The molecule has 0 aromatic heterocycles. The molecule has 1 heterocycles. The predicted molar refractivity (Wildman–Crippen MR) is 81.1 cm³/mol. The summed E-state index contributed by atoms with van der Waals surface area (Å²) in [4.78, 5) is 0. The topological polar surface area (TPSA) is 78.6 Å². The Hall–Kier alpha value is -0.790. The van der Waals surface area contributed by atoms with Gasteiger partial charge in [-0.05, 0) is 53.0 Å². The lowest BCUT2D eigenvalue weighted by molar-refractivity contribution is 0.216. The zero-order chi connectivity index (χ0) is 14.8.